The van der Waals surface area contributed by atoms with E-state index in [0.29, 0.717) is 24.7 Å². The molecule has 1 aliphatic carbocycles. The fourth-order valence-corrected chi connectivity index (χ4v) is 3.32. The van der Waals surface area contributed by atoms with E-state index in [9.17, 15) is 9.59 Å². The number of carbonyl (C=O) groups excluding carboxylic acids is 2. The predicted molar refractivity (Wildman–Crippen MR) is 67.8 cm³/mol. The molecule has 0 aromatic carbocycles. The number of esters is 2. The van der Waals surface area contributed by atoms with E-state index in [0.717, 1.165) is 0 Å². The maximum absolute atomic E-state index is 12.0. The first-order chi connectivity index (χ1) is 8.19. The van der Waals surface area contributed by atoms with Gasteiger partial charge in [0.2, 0.25) is 0 Å². The topological polar surface area (TPSA) is 52.6 Å². The molecule has 0 aromatic heterocycles. The van der Waals surface area contributed by atoms with Gasteiger partial charge in [0.15, 0.2) is 5.41 Å². The third kappa shape index (κ3) is 2.38. The van der Waals surface area contributed by atoms with Gasteiger partial charge < -0.3 is 9.47 Å². The van der Waals surface area contributed by atoms with E-state index in [1.165, 1.54) is 14.2 Å². The SMILES string of the molecule is COC(=O)C1(C(=O)OC)C[C@@H](C(C)(C)C)[C@@H](C)C1. The number of carbonyl (C=O) groups is 2. The van der Waals surface area contributed by atoms with Crippen molar-refractivity contribution in [2.24, 2.45) is 22.7 Å². The molecule has 0 amide bonds. The van der Waals surface area contributed by atoms with Gasteiger partial charge in [0.25, 0.3) is 0 Å². The van der Waals surface area contributed by atoms with Crippen LogP contribution in [0.5, 0.6) is 0 Å². The van der Waals surface area contributed by atoms with Gasteiger partial charge in [-0.05, 0) is 30.1 Å². The van der Waals surface area contributed by atoms with Gasteiger partial charge in [-0.1, -0.05) is 27.7 Å². The number of ether oxygens (including phenoxy) is 2. The third-order valence-corrected chi connectivity index (χ3v) is 4.19. The van der Waals surface area contributed by atoms with Crippen LogP contribution in [0.1, 0.15) is 40.5 Å². The Bertz CT molecular complexity index is 324. The van der Waals surface area contributed by atoms with Gasteiger partial charge in [-0.15, -0.1) is 0 Å². The monoisotopic (exact) mass is 256 g/mol. The molecule has 18 heavy (non-hydrogen) atoms. The molecule has 0 saturated heterocycles. The number of hydrogen-bond donors (Lipinski definition) is 0. The minimum absolute atomic E-state index is 0.0587. The lowest BCUT2D eigenvalue weighted by Crippen LogP contribution is -2.39. The molecule has 0 N–H and O–H groups in total. The zero-order valence-corrected chi connectivity index (χ0v) is 12.2. The minimum atomic E-state index is -1.11. The van der Waals surface area contributed by atoms with Crippen LogP contribution in [0.4, 0.5) is 0 Å². The summed E-state index contributed by atoms with van der Waals surface area (Å²) < 4.78 is 9.66. The van der Waals surface area contributed by atoms with Crippen molar-refractivity contribution in [2.75, 3.05) is 14.2 Å². The van der Waals surface area contributed by atoms with Crippen LogP contribution in [0.15, 0.2) is 0 Å². The molecule has 0 aromatic rings. The van der Waals surface area contributed by atoms with E-state index in [1.54, 1.807) is 0 Å². The van der Waals surface area contributed by atoms with Gasteiger partial charge >= 0.3 is 11.9 Å². The molecule has 1 rings (SSSR count). The normalized spacial score (nSPS) is 26.8. The van der Waals surface area contributed by atoms with Crippen LogP contribution in [-0.2, 0) is 19.1 Å². The third-order valence-electron chi connectivity index (χ3n) is 4.19. The molecule has 0 radical (unpaired) electrons. The largest absolute Gasteiger partial charge is 0.468 e. The summed E-state index contributed by atoms with van der Waals surface area (Å²) in [6.45, 7) is 8.50. The fraction of sp³-hybridized carbons (Fsp3) is 0.857. The van der Waals surface area contributed by atoms with Crippen molar-refractivity contribution in [3.05, 3.63) is 0 Å². The average Bonchev–Trinajstić information content (AvgIpc) is 2.66. The Labute approximate surface area is 109 Å². The quantitative estimate of drug-likeness (QED) is 0.562. The number of methoxy groups -OCH3 is 2. The first-order valence-electron chi connectivity index (χ1n) is 6.36. The summed E-state index contributed by atoms with van der Waals surface area (Å²) in [5, 5.41) is 0. The van der Waals surface area contributed by atoms with E-state index in [-0.39, 0.29) is 5.41 Å². The molecule has 1 aliphatic rings. The van der Waals surface area contributed by atoms with Gasteiger partial charge in [0.05, 0.1) is 14.2 Å². The van der Waals surface area contributed by atoms with Crippen LogP contribution in [0.3, 0.4) is 0 Å². The molecule has 0 unspecified atom stereocenters. The molecule has 1 saturated carbocycles. The van der Waals surface area contributed by atoms with Crippen LogP contribution in [0.2, 0.25) is 0 Å². The van der Waals surface area contributed by atoms with Crippen LogP contribution in [0, 0.1) is 22.7 Å². The second-order valence-electron chi connectivity index (χ2n) is 6.42. The molecule has 1 fully saturated rings. The van der Waals surface area contributed by atoms with Crippen molar-refractivity contribution in [1.29, 1.82) is 0 Å². The highest BCUT2D eigenvalue weighted by molar-refractivity contribution is 6.00. The summed E-state index contributed by atoms with van der Waals surface area (Å²) in [7, 11) is 2.64. The maximum atomic E-state index is 12.0. The smallest absolute Gasteiger partial charge is 0.323 e. The molecule has 2 atom stereocenters. The molecule has 104 valence electrons. The Morgan fingerprint density at radius 2 is 1.50 bits per heavy atom. The molecule has 4 heteroatoms. The highest BCUT2D eigenvalue weighted by Gasteiger charge is 2.58. The Hall–Kier alpha value is -1.06. The molecule has 4 nitrogen and oxygen atoms in total. The second kappa shape index (κ2) is 4.90. The van der Waals surface area contributed by atoms with Crippen LogP contribution in [0.25, 0.3) is 0 Å². The van der Waals surface area contributed by atoms with Crippen molar-refractivity contribution < 1.29 is 19.1 Å². The number of rotatable bonds is 2. The lowest BCUT2D eigenvalue weighted by atomic mass is 9.74. The van der Waals surface area contributed by atoms with Crippen molar-refractivity contribution in [2.45, 2.75) is 40.5 Å². The van der Waals surface area contributed by atoms with Crippen molar-refractivity contribution in [3.63, 3.8) is 0 Å². The van der Waals surface area contributed by atoms with Gasteiger partial charge in [0, 0.05) is 0 Å². The summed E-state index contributed by atoms with van der Waals surface area (Å²) in [5.74, 6) is -0.334. The van der Waals surface area contributed by atoms with Gasteiger partial charge in [-0.2, -0.15) is 0 Å². The molecule has 0 heterocycles. The summed E-state index contributed by atoms with van der Waals surface area (Å²) in [6, 6.07) is 0. The standard InChI is InChI=1S/C14H24O4/c1-9-7-14(11(15)17-5,12(16)18-6)8-10(9)13(2,3)4/h9-10H,7-8H2,1-6H3/t9-,10+/m0/s1. The molecule has 0 aliphatic heterocycles. The molecule has 0 bridgehead atoms. The average molecular weight is 256 g/mol. The highest BCUT2D eigenvalue weighted by Crippen LogP contribution is 2.53. The Kier molecular flexibility index (Phi) is 4.08. The lowest BCUT2D eigenvalue weighted by Gasteiger charge is -2.31. The summed E-state index contributed by atoms with van der Waals surface area (Å²) >= 11 is 0. The first-order valence-corrected chi connectivity index (χ1v) is 6.36. The molecular formula is C14H24O4. The minimum Gasteiger partial charge on any atom is -0.468 e. The van der Waals surface area contributed by atoms with Crippen molar-refractivity contribution in [1.82, 2.24) is 0 Å². The van der Waals surface area contributed by atoms with Crippen molar-refractivity contribution >= 4 is 11.9 Å². The molecular weight excluding hydrogens is 232 g/mol. The summed E-state index contributed by atoms with van der Waals surface area (Å²) in [5.41, 5.74) is -1.05. The maximum Gasteiger partial charge on any atom is 0.323 e. The van der Waals surface area contributed by atoms with Crippen LogP contribution >= 0.6 is 0 Å². The zero-order chi connectivity index (χ0) is 14.1. The number of hydrogen-bond acceptors (Lipinski definition) is 4. The predicted octanol–water partition coefficient (Wildman–Crippen LogP) is 2.41. The highest BCUT2D eigenvalue weighted by atomic mass is 16.5. The lowest BCUT2D eigenvalue weighted by molar-refractivity contribution is -0.169. The van der Waals surface area contributed by atoms with Crippen LogP contribution < -0.4 is 0 Å². The Morgan fingerprint density at radius 1 is 1.06 bits per heavy atom. The van der Waals surface area contributed by atoms with Crippen molar-refractivity contribution in [3.8, 4) is 0 Å². The first kappa shape index (κ1) is 15.0. The summed E-state index contributed by atoms with van der Waals surface area (Å²) in [6.07, 6.45) is 1.02. The van der Waals surface area contributed by atoms with Crippen LogP contribution in [-0.4, -0.2) is 26.2 Å². The van der Waals surface area contributed by atoms with E-state index < -0.39 is 17.4 Å². The molecule has 0 spiro atoms. The summed E-state index contributed by atoms with van der Waals surface area (Å²) in [4.78, 5) is 24.1. The Balaban J connectivity index is 3.11. The van der Waals surface area contributed by atoms with E-state index in [2.05, 4.69) is 27.7 Å². The second-order valence-corrected chi connectivity index (χ2v) is 6.42. The van der Waals surface area contributed by atoms with Gasteiger partial charge in [-0.3, -0.25) is 9.59 Å². The van der Waals surface area contributed by atoms with Gasteiger partial charge in [-0.25, -0.2) is 0 Å². The van der Waals surface area contributed by atoms with E-state index in [1.807, 2.05) is 0 Å². The zero-order valence-electron chi connectivity index (χ0n) is 12.2. The van der Waals surface area contributed by atoms with Gasteiger partial charge in [0.1, 0.15) is 0 Å². The fourth-order valence-electron chi connectivity index (χ4n) is 3.32. The van der Waals surface area contributed by atoms with E-state index in [4.69, 9.17) is 9.47 Å². The Morgan fingerprint density at radius 3 is 1.78 bits per heavy atom. The van der Waals surface area contributed by atoms with E-state index >= 15 is 0 Å².